The zero-order valence-electron chi connectivity index (χ0n) is 14.2. The quantitative estimate of drug-likeness (QED) is 0.780. The Morgan fingerprint density at radius 1 is 1.00 bits per heavy atom. The fourth-order valence-electron chi connectivity index (χ4n) is 2.83. The Morgan fingerprint density at radius 2 is 1.43 bits per heavy atom. The van der Waals surface area contributed by atoms with Gasteiger partial charge in [-0.15, -0.1) is 0 Å². The van der Waals surface area contributed by atoms with Crippen molar-refractivity contribution in [3.05, 3.63) is 28.8 Å². The number of phenolic OH excluding ortho intramolecular Hbond substituents is 1. The Balaban J connectivity index is 2.59. The van der Waals surface area contributed by atoms with Gasteiger partial charge in [0, 0.05) is 22.6 Å². The average molecular weight is 288 g/mol. The van der Waals surface area contributed by atoms with Gasteiger partial charge in [-0.3, -0.25) is 4.79 Å². The van der Waals surface area contributed by atoms with Gasteiger partial charge in [-0.1, -0.05) is 48.0 Å². The van der Waals surface area contributed by atoms with Crippen LogP contribution in [-0.4, -0.2) is 10.9 Å². The molecular formula is C19H28O2. The Morgan fingerprint density at radius 3 is 1.71 bits per heavy atom. The van der Waals surface area contributed by atoms with Gasteiger partial charge in [-0.2, -0.15) is 0 Å². The minimum absolute atomic E-state index is 0.181. The maximum absolute atomic E-state index is 12.6. The molecule has 2 nitrogen and oxygen atoms in total. The first-order valence-electron chi connectivity index (χ1n) is 7.94. The lowest BCUT2D eigenvalue weighted by Crippen LogP contribution is -2.24. The number of carbonyl (C=O) groups is 1. The van der Waals surface area contributed by atoms with Crippen LogP contribution < -0.4 is 0 Å². The second-order valence-corrected chi connectivity index (χ2v) is 8.41. The molecule has 1 N–H and O–H groups in total. The van der Waals surface area contributed by atoms with Crippen molar-refractivity contribution < 1.29 is 9.90 Å². The molecule has 21 heavy (non-hydrogen) atoms. The highest BCUT2D eigenvalue weighted by molar-refractivity contribution is 5.99. The van der Waals surface area contributed by atoms with Crippen molar-refractivity contribution in [1.29, 1.82) is 0 Å². The molecular weight excluding hydrogens is 260 g/mol. The summed E-state index contributed by atoms with van der Waals surface area (Å²) < 4.78 is 0. The van der Waals surface area contributed by atoms with Crippen LogP contribution in [-0.2, 0) is 10.8 Å². The Bertz CT molecular complexity index is 517. The number of ketones is 1. The first-order valence-corrected chi connectivity index (χ1v) is 7.94. The lowest BCUT2D eigenvalue weighted by molar-refractivity contribution is 0.0855. The smallest absolute Gasteiger partial charge is 0.165 e. The number of carbonyl (C=O) groups excluding carboxylic acids is 1. The summed E-state index contributed by atoms with van der Waals surface area (Å²) in [5.74, 6) is 0.785. The van der Waals surface area contributed by atoms with Gasteiger partial charge in [-0.05, 0) is 35.8 Å². The van der Waals surface area contributed by atoms with Crippen LogP contribution in [0.25, 0.3) is 0 Å². The van der Waals surface area contributed by atoms with Crippen molar-refractivity contribution >= 4 is 5.78 Å². The maximum atomic E-state index is 12.6. The lowest BCUT2D eigenvalue weighted by Gasteiger charge is -2.30. The highest BCUT2D eigenvalue weighted by Crippen LogP contribution is 2.41. The molecule has 0 radical (unpaired) electrons. The molecule has 1 saturated carbocycles. The van der Waals surface area contributed by atoms with E-state index in [2.05, 4.69) is 41.5 Å². The summed E-state index contributed by atoms with van der Waals surface area (Å²) in [5, 5.41) is 10.7. The molecule has 0 aromatic heterocycles. The van der Waals surface area contributed by atoms with Gasteiger partial charge in [0.2, 0.25) is 0 Å². The summed E-state index contributed by atoms with van der Waals surface area (Å²) >= 11 is 0. The van der Waals surface area contributed by atoms with Crippen molar-refractivity contribution in [3.63, 3.8) is 0 Å². The maximum Gasteiger partial charge on any atom is 0.165 e. The van der Waals surface area contributed by atoms with E-state index in [4.69, 9.17) is 0 Å². The number of hydrogen-bond acceptors (Lipinski definition) is 2. The molecule has 0 unspecified atom stereocenters. The van der Waals surface area contributed by atoms with Crippen molar-refractivity contribution in [2.24, 2.45) is 5.92 Å². The molecule has 0 aliphatic heterocycles. The summed E-state index contributed by atoms with van der Waals surface area (Å²) in [6.45, 7) is 12.5. The zero-order chi connectivity index (χ0) is 16.0. The number of rotatable bonds is 2. The second kappa shape index (κ2) is 5.15. The molecule has 2 heteroatoms. The molecule has 1 aliphatic rings. The first kappa shape index (κ1) is 16.1. The van der Waals surface area contributed by atoms with Crippen LogP contribution >= 0.6 is 0 Å². The van der Waals surface area contributed by atoms with E-state index < -0.39 is 0 Å². The van der Waals surface area contributed by atoms with E-state index in [1.807, 2.05) is 12.1 Å². The molecule has 0 saturated heterocycles. The largest absolute Gasteiger partial charge is 0.507 e. The third kappa shape index (κ3) is 3.14. The standard InChI is InChI=1S/C19H28O2/c1-18(2,3)14-10-13(16(20)12-8-7-9-12)11-15(17(14)21)19(4,5)6/h10-12,21H,7-9H2,1-6H3. The predicted molar refractivity (Wildman–Crippen MR) is 87.2 cm³/mol. The van der Waals surface area contributed by atoms with E-state index in [9.17, 15) is 9.90 Å². The second-order valence-electron chi connectivity index (χ2n) is 8.41. The number of hydrogen-bond donors (Lipinski definition) is 1. The van der Waals surface area contributed by atoms with Crippen LogP contribution in [0, 0.1) is 5.92 Å². The van der Waals surface area contributed by atoms with Crippen LogP contribution in [0.15, 0.2) is 12.1 Å². The van der Waals surface area contributed by atoms with E-state index >= 15 is 0 Å². The minimum atomic E-state index is -0.181. The Hall–Kier alpha value is -1.31. The fourth-order valence-corrected chi connectivity index (χ4v) is 2.83. The van der Waals surface area contributed by atoms with Crippen LogP contribution in [0.5, 0.6) is 5.75 Å². The van der Waals surface area contributed by atoms with Crippen molar-refractivity contribution in [2.45, 2.75) is 71.6 Å². The molecule has 0 amide bonds. The third-order valence-corrected chi connectivity index (χ3v) is 4.49. The minimum Gasteiger partial charge on any atom is -0.507 e. The SMILES string of the molecule is CC(C)(C)c1cc(C(=O)C2CCC2)cc(C(C)(C)C)c1O. The number of aromatic hydroxyl groups is 1. The lowest BCUT2D eigenvalue weighted by atomic mass is 9.75. The summed E-state index contributed by atoms with van der Waals surface area (Å²) in [6.07, 6.45) is 3.18. The molecule has 1 aromatic carbocycles. The fraction of sp³-hybridized carbons (Fsp3) is 0.632. The van der Waals surface area contributed by atoms with E-state index in [1.54, 1.807) is 0 Å². The highest BCUT2D eigenvalue weighted by Gasteiger charge is 2.31. The molecule has 1 aromatic rings. The molecule has 2 rings (SSSR count). The van der Waals surface area contributed by atoms with Crippen LogP contribution in [0.3, 0.4) is 0 Å². The topological polar surface area (TPSA) is 37.3 Å². The number of Topliss-reactive ketones (excluding diaryl/α,β-unsaturated/α-hetero) is 1. The van der Waals surface area contributed by atoms with Gasteiger partial charge < -0.3 is 5.11 Å². The van der Waals surface area contributed by atoms with Crippen molar-refractivity contribution in [2.75, 3.05) is 0 Å². The summed E-state index contributed by atoms with van der Waals surface area (Å²) in [4.78, 5) is 12.6. The summed E-state index contributed by atoms with van der Waals surface area (Å²) in [7, 11) is 0. The van der Waals surface area contributed by atoms with Gasteiger partial charge >= 0.3 is 0 Å². The molecule has 0 spiro atoms. The molecule has 0 atom stereocenters. The van der Waals surface area contributed by atoms with Crippen LogP contribution in [0.4, 0.5) is 0 Å². The van der Waals surface area contributed by atoms with E-state index in [1.165, 1.54) is 0 Å². The van der Waals surface area contributed by atoms with Crippen molar-refractivity contribution in [1.82, 2.24) is 0 Å². The zero-order valence-corrected chi connectivity index (χ0v) is 14.2. The van der Waals surface area contributed by atoms with E-state index in [-0.39, 0.29) is 22.5 Å². The third-order valence-electron chi connectivity index (χ3n) is 4.49. The van der Waals surface area contributed by atoms with Crippen LogP contribution in [0.1, 0.15) is 82.3 Å². The normalized spacial score (nSPS) is 16.7. The predicted octanol–water partition coefficient (Wildman–Crippen LogP) is 4.97. The van der Waals surface area contributed by atoms with E-state index in [0.717, 1.165) is 36.0 Å². The molecule has 0 bridgehead atoms. The van der Waals surface area contributed by atoms with Crippen molar-refractivity contribution in [3.8, 4) is 5.75 Å². The Kier molecular flexibility index (Phi) is 3.94. The van der Waals surface area contributed by atoms with Gasteiger partial charge in [-0.25, -0.2) is 0 Å². The van der Waals surface area contributed by atoms with Gasteiger partial charge in [0.1, 0.15) is 5.75 Å². The molecule has 0 heterocycles. The first-order chi connectivity index (χ1) is 9.51. The summed E-state index contributed by atoms with van der Waals surface area (Å²) in [6, 6.07) is 3.82. The molecule has 1 fully saturated rings. The van der Waals surface area contributed by atoms with E-state index in [0.29, 0.717) is 5.75 Å². The number of benzene rings is 1. The average Bonchev–Trinajstić information content (AvgIpc) is 2.23. The number of phenols is 1. The molecule has 1 aliphatic carbocycles. The molecule has 116 valence electrons. The highest BCUT2D eigenvalue weighted by atomic mass is 16.3. The van der Waals surface area contributed by atoms with Gasteiger partial charge in [0.25, 0.3) is 0 Å². The van der Waals surface area contributed by atoms with Gasteiger partial charge in [0.05, 0.1) is 0 Å². The van der Waals surface area contributed by atoms with Gasteiger partial charge in [0.15, 0.2) is 5.78 Å². The van der Waals surface area contributed by atoms with Crippen LogP contribution in [0.2, 0.25) is 0 Å². The summed E-state index contributed by atoms with van der Waals surface area (Å²) in [5.41, 5.74) is 2.16. The monoisotopic (exact) mass is 288 g/mol. The Labute approximate surface area is 128 Å².